The number of hydrogen-bond acceptors (Lipinski definition) is 3. The molecule has 4 heteroatoms. The van der Waals surface area contributed by atoms with Gasteiger partial charge in [-0.25, -0.2) is 0 Å². The molecule has 0 spiro atoms. The number of likely N-dealkylation sites (tertiary alicyclic amines) is 1. The molecule has 0 amide bonds. The van der Waals surface area contributed by atoms with E-state index in [9.17, 15) is 0 Å². The molecule has 2 N–H and O–H groups in total. The molecule has 3 atom stereocenters. The Hall–Kier alpha value is 0.1000. The highest BCUT2D eigenvalue weighted by Crippen LogP contribution is 2.41. The highest BCUT2D eigenvalue weighted by atomic mass is 79.9. The Morgan fingerprint density at radius 2 is 2.12 bits per heavy atom. The van der Waals surface area contributed by atoms with E-state index in [4.69, 9.17) is 5.73 Å². The van der Waals surface area contributed by atoms with Gasteiger partial charge in [0.1, 0.15) is 0 Å². The second kappa shape index (κ2) is 5.00. The van der Waals surface area contributed by atoms with Crippen LogP contribution in [0.3, 0.4) is 0 Å². The lowest BCUT2D eigenvalue weighted by molar-refractivity contribution is 0.235. The number of fused-ring (bicyclic) bond motifs is 1. The molecule has 0 bridgehead atoms. The van der Waals surface area contributed by atoms with Gasteiger partial charge >= 0.3 is 0 Å². The molecule has 2 heterocycles. The maximum absolute atomic E-state index is 5.99. The van der Waals surface area contributed by atoms with Gasteiger partial charge in [0, 0.05) is 34.4 Å². The first-order valence-electron chi connectivity index (χ1n) is 6.46. The standard InChI is InChI=1S/C13H19BrN2S/c14-11-4-13(17-8-11)12(5-15)16-6-9-2-1-3-10(9)7-16/h4,8-10,12H,1-3,5-7,15H2. The molecule has 3 rings (SSSR count). The molecule has 1 saturated carbocycles. The van der Waals surface area contributed by atoms with Crippen LogP contribution in [-0.4, -0.2) is 24.5 Å². The minimum Gasteiger partial charge on any atom is -0.329 e. The maximum Gasteiger partial charge on any atom is 0.0564 e. The van der Waals surface area contributed by atoms with E-state index in [1.54, 1.807) is 0 Å². The molecule has 1 aliphatic heterocycles. The fourth-order valence-corrected chi connectivity index (χ4v) is 5.07. The van der Waals surface area contributed by atoms with E-state index in [0.717, 1.165) is 18.4 Å². The number of hydrogen-bond donors (Lipinski definition) is 1. The van der Waals surface area contributed by atoms with Crippen LogP contribution < -0.4 is 5.73 Å². The van der Waals surface area contributed by atoms with E-state index in [-0.39, 0.29) is 0 Å². The van der Waals surface area contributed by atoms with Gasteiger partial charge in [-0.3, -0.25) is 4.90 Å². The fraction of sp³-hybridized carbons (Fsp3) is 0.692. The summed E-state index contributed by atoms with van der Waals surface area (Å²) >= 11 is 5.37. The zero-order chi connectivity index (χ0) is 11.8. The summed E-state index contributed by atoms with van der Waals surface area (Å²) in [5.74, 6) is 1.90. The number of nitrogens with two attached hydrogens (primary N) is 1. The molecule has 2 nitrogen and oxygen atoms in total. The first-order chi connectivity index (χ1) is 8.28. The van der Waals surface area contributed by atoms with E-state index >= 15 is 0 Å². The molecular formula is C13H19BrN2S. The van der Waals surface area contributed by atoms with Gasteiger partial charge < -0.3 is 5.73 Å². The van der Waals surface area contributed by atoms with Crippen molar-refractivity contribution < 1.29 is 0 Å². The Bertz CT molecular complexity index is 381. The average molecular weight is 315 g/mol. The van der Waals surface area contributed by atoms with Crippen LogP contribution in [0.5, 0.6) is 0 Å². The summed E-state index contributed by atoms with van der Waals surface area (Å²) in [5.41, 5.74) is 5.99. The SMILES string of the molecule is NCC(c1cc(Br)cs1)N1CC2CCCC2C1. The van der Waals surface area contributed by atoms with Gasteiger partial charge in [0.15, 0.2) is 0 Å². The molecule has 94 valence electrons. The largest absolute Gasteiger partial charge is 0.329 e. The third kappa shape index (κ3) is 2.33. The Morgan fingerprint density at radius 3 is 2.65 bits per heavy atom. The minimum atomic E-state index is 0.442. The van der Waals surface area contributed by atoms with Gasteiger partial charge in [-0.2, -0.15) is 0 Å². The second-order valence-electron chi connectivity index (χ2n) is 5.32. The van der Waals surface area contributed by atoms with Crippen LogP contribution in [0.15, 0.2) is 15.9 Å². The summed E-state index contributed by atoms with van der Waals surface area (Å²) < 4.78 is 1.19. The van der Waals surface area contributed by atoms with Crippen molar-refractivity contribution in [1.82, 2.24) is 4.90 Å². The lowest BCUT2D eigenvalue weighted by atomic mass is 10.0. The van der Waals surface area contributed by atoms with Crippen LogP contribution in [0.25, 0.3) is 0 Å². The summed E-state index contributed by atoms with van der Waals surface area (Å²) in [6, 6.07) is 2.67. The first-order valence-corrected chi connectivity index (χ1v) is 8.13. The van der Waals surface area contributed by atoms with Crippen molar-refractivity contribution in [1.29, 1.82) is 0 Å². The van der Waals surface area contributed by atoms with Crippen LogP contribution in [0, 0.1) is 11.8 Å². The smallest absolute Gasteiger partial charge is 0.0564 e. The van der Waals surface area contributed by atoms with Crippen molar-refractivity contribution in [2.24, 2.45) is 17.6 Å². The quantitative estimate of drug-likeness (QED) is 0.928. The van der Waals surface area contributed by atoms with Gasteiger partial charge in [0.25, 0.3) is 0 Å². The molecule has 17 heavy (non-hydrogen) atoms. The summed E-state index contributed by atoms with van der Waals surface area (Å²) in [6.07, 6.45) is 4.32. The third-order valence-electron chi connectivity index (χ3n) is 4.33. The van der Waals surface area contributed by atoms with Crippen LogP contribution in [0.4, 0.5) is 0 Å². The summed E-state index contributed by atoms with van der Waals surface area (Å²) in [6.45, 7) is 3.27. The molecule has 1 aromatic heterocycles. The number of nitrogens with zero attached hydrogens (tertiary/aromatic N) is 1. The predicted octanol–water partition coefficient (Wildman–Crippen LogP) is 3.24. The van der Waals surface area contributed by atoms with Crippen molar-refractivity contribution in [2.45, 2.75) is 25.3 Å². The van der Waals surface area contributed by atoms with E-state index in [2.05, 4.69) is 32.3 Å². The Balaban J connectivity index is 1.74. The molecule has 1 aliphatic carbocycles. The van der Waals surface area contributed by atoms with Crippen LogP contribution in [0.1, 0.15) is 30.2 Å². The van der Waals surface area contributed by atoms with Crippen LogP contribution in [0.2, 0.25) is 0 Å². The lowest BCUT2D eigenvalue weighted by Crippen LogP contribution is -2.32. The number of thiophene rings is 1. The van der Waals surface area contributed by atoms with E-state index in [1.807, 2.05) is 11.3 Å². The molecule has 0 aromatic carbocycles. The molecule has 1 aromatic rings. The normalized spacial score (nSPS) is 30.7. The maximum atomic E-state index is 5.99. The van der Waals surface area contributed by atoms with E-state index in [1.165, 1.54) is 41.7 Å². The molecular weight excluding hydrogens is 296 g/mol. The zero-order valence-corrected chi connectivity index (χ0v) is 12.3. The van der Waals surface area contributed by atoms with Gasteiger partial charge in [0.05, 0.1) is 6.04 Å². The first kappa shape index (κ1) is 12.2. The Kier molecular flexibility index (Phi) is 3.57. The lowest BCUT2D eigenvalue weighted by Gasteiger charge is -2.26. The van der Waals surface area contributed by atoms with E-state index < -0.39 is 0 Å². The number of rotatable bonds is 3. The van der Waals surface area contributed by atoms with Crippen LogP contribution in [-0.2, 0) is 0 Å². The Labute approximate surface area is 115 Å². The number of halogens is 1. The van der Waals surface area contributed by atoms with Crippen molar-refractivity contribution >= 4 is 27.3 Å². The molecule has 1 saturated heterocycles. The third-order valence-corrected chi connectivity index (χ3v) is 6.13. The molecule has 3 unspecified atom stereocenters. The van der Waals surface area contributed by atoms with Crippen molar-refractivity contribution in [3.05, 3.63) is 20.8 Å². The van der Waals surface area contributed by atoms with Crippen molar-refractivity contribution in [2.75, 3.05) is 19.6 Å². The summed E-state index contributed by atoms with van der Waals surface area (Å²) in [5, 5.41) is 2.16. The highest BCUT2D eigenvalue weighted by molar-refractivity contribution is 9.10. The molecule has 2 fully saturated rings. The molecule has 0 radical (unpaired) electrons. The minimum absolute atomic E-state index is 0.442. The fourth-order valence-electron chi connectivity index (χ4n) is 3.47. The Morgan fingerprint density at radius 1 is 1.41 bits per heavy atom. The van der Waals surface area contributed by atoms with Crippen molar-refractivity contribution in [3.63, 3.8) is 0 Å². The molecule has 2 aliphatic rings. The highest BCUT2D eigenvalue weighted by Gasteiger charge is 2.38. The topological polar surface area (TPSA) is 29.3 Å². The van der Waals surface area contributed by atoms with Gasteiger partial charge in [-0.15, -0.1) is 11.3 Å². The van der Waals surface area contributed by atoms with Crippen LogP contribution >= 0.6 is 27.3 Å². The zero-order valence-electron chi connectivity index (χ0n) is 9.94. The predicted molar refractivity (Wildman–Crippen MR) is 76.2 cm³/mol. The van der Waals surface area contributed by atoms with Gasteiger partial charge in [-0.1, -0.05) is 6.42 Å². The van der Waals surface area contributed by atoms with Gasteiger partial charge in [-0.05, 0) is 46.7 Å². The average Bonchev–Trinajstić information content (AvgIpc) is 2.95. The second-order valence-corrected chi connectivity index (χ2v) is 7.18. The monoisotopic (exact) mass is 314 g/mol. The van der Waals surface area contributed by atoms with E-state index in [0.29, 0.717) is 6.04 Å². The summed E-state index contributed by atoms with van der Waals surface area (Å²) in [4.78, 5) is 4.03. The van der Waals surface area contributed by atoms with Crippen molar-refractivity contribution in [3.8, 4) is 0 Å². The van der Waals surface area contributed by atoms with Gasteiger partial charge in [0.2, 0.25) is 0 Å². The summed E-state index contributed by atoms with van der Waals surface area (Å²) in [7, 11) is 0.